The van der Waals surface area contributed by atoms with Crippen LogP contribution in [0.4, 0.5) is 0 Å². The molecule has 0 fully saturated rings. The van der Waals surface area contributed by atoms with E-state index in [-0.39, 0.29) is 0 Å². The van der Waals surface area contributed by atoms with Crippen LogP contribution in [0, 0.1) is 6.61 Å². The van der Waals surface area contributed by atoms with E-state index >= 15 is 0 Å². The molecule has 0 aromatic rings. The Kier molecular flexibility index (Phi) is 30.9. The maximum atomic E-state index is 5.72. The molecule has 0 bridgehead atoms. The SMILES string of the molecule is CCCCCCCCCCCCCCC[CH]OCCCCCCCCCCCCCCC. The Hall–Kier alpha value is -0.0400. The van der Waals surface area contributed by atoms with Crippen molar-refractivity contribution >= 4 is 0 Å². The summed E-state index contributed by atoms with van der Waals surface area (Å²) in [5, 5.41) is 0. The van der Waals surface area contributed by atoms with Crippen LogP contribution in [0.25, 0.3) is 0 Å². The van der Waals surface area contributed by atoms with Crippen LogP contribution in [-0.2, 0) is 4.74 Å². The van der Waals surface area contributed by atoms with Gasteiger partial charge in [-0.1, -0.05) is 174 Å². The summed E-state index contributed by atoms with van der Waals surface area (Å²) < 4.78 is 5.72. The molecular formula is C31H63O. The van der Waals surface area contributed by atoms with Gasteiger partial charge in [0.1, 0.15) is 0 Å². The van der Waals surface area contributed by atoms with Gasteiger partial charge < -0.3 is 4.74 Å². The van der Waals surface area contributed by atoms with Crippen LogP contribution in [0.1, 0.15) is 187 Å². The Morgan fingerprint density at radius 1 is 0.344 bits per heavy atom. The topological polar surface area (TPSA) is 9.23 Å². The number of hydrogen-bond donors (Lipinski definition) is 0. The second-order valence-corrected chi connectivity index (χ2v) is 10.3. The van der Waals surface area contributed by atoms with E-state index in [9.17, 15) is 0 Å². The van der Waals surface area contributed by atoms with Gasteiger partial charge in [0.05, 0.1) is 6.61 Å². The molecule has 32 heavy (non-hydrogen) atoms. The molecule has 0 aromatic heterocycles. The van der Waals surface area contributed by atoms with Crippen molar-refractivity contribution in [2.24, 2.45) is 0 Å². The summed E-state index contributed by atoms with van der Waals surface area (Å²) in [7, 11) is 0. The molecule has 0 aromatic carbocycles. The van der Waals surface area contributed by atoms with Crippen molar-refractivity contribution in [1.82, 2.24) is 0 Å². The second-order valence-electron chi connectivity index (χ2n) is 10.3. The smallest absolute Gasteiger partial charge is 0.0836 e. The second kappa shape index (κ2) is 31.0. The van der Waals surface area contributed by atoms with Gasteiger partial charge in [0.15, 0.2) is 0 Å². The first-order valence-electron chi connectivity index (χ1n) is 15.3. The Bertz CT molecular complexity index is 271. The van der Waals surface area contributed by atoms with Crippen molar-refractivity contribution in [3.63, 3.8) is 0 Å². The number of ether oxygens (including phenoxy) is 1. The average Bonchev–Trinajstić information content (AvgIpc) is 2.81. The Balaban J connectivity index is 2.98. The predicted molar refractivity (Wildman–Crippen MR) is 146 cm³/mol. The molecule has 0 saturated heterocycles. The van der Waals surface area contributed by atoms with Crippen molar-refractivity contribution < 1.29 is 4.74 Å². The monoisotopic (exact) mass is 451 g/mol. The van der Waals surface area contributed by atoms with Crippen molar-refractivity contribution in [2.45, 2.75) is 187 Å². The third-order valence-electron chi connectivity index (χ3n) is 6.91. The molecule has 0 N–H and O–H groups in total. The summed E-state index contributed by atoms with van der Waals surface area (Å²) in [6.07, 6.45) is 38.2. The number of rotatable bonds is 29. The minimum absolute atomic E-state index is 0.941. The highest BCUT2D eigenvalue weighted by Gasteiger charge is 1.96. The van der Waals surface area contributed by atoms with Crippen LogP contribution in [0.5, 0.6) is 0 Å². The van der Waals surface area contributed by atoms with Crippen molar-refractivity contribution in [3.8, 4) is 0 Å². The Morgan fingerprint density at radius 3 is 0.969 bits per heavy atom. The molecule has 0 aliphatic rings. The number of hydrogen-bond acceptors (Lipinski definition) is 1. The van der Waals surface area contributed by atoms with Gasteiger partial charge in [0.2, 0.25) is 0 Å². The van der Waals surface area contributed by atoms with Gasteiger partial charge in [-0.3, -0.25) is 0 Å². The number of unbranched alkanes of at least 4 members (excludes halogenated alkanes) is 25. The largest absolute Gasteiger partial charge is 0.376 e. The van der Waals surface area contributed by atoms with Gasteiger partial charge in [-0.25, -0.2) is 0 Å². The molecule has 1 radical (unpaired) electrons. The van der Waals surface area contributed by atoms with Gasteiger partial charge in [-0.15, -0.1) is 0 Å². The van der Waals surface area contributed by atoms with Crippen LogP contribution in [0.15, 0.2) is 0 Å². The van der Waals surface area contributed by atoms with Gasteiger partial charge in [0, 0.05) is 6.61 Å². The molecule has 1 heteroatoms. The molecule has 0 aliphatic carbocycles. The zero-order chi connectivity index (χ0) is 23.2. The van der Waals surface area contributed by atoms with E-state index in [1.165, 1.54) is 167 Å². The molecule has 0 heterocycles. The van der Waals surface area contributed by atoms with Crippen molar-refractivity contribution in [2.75, 3.05) is 6.61 Å². The highest BCUT2D eigenvalue weighted by Crippen LogP contribution is 2.14. The van der Waals surface area contributed by atoms with E-state index in [1.807, 2.05) is 0 Å². The molecule has 1 nitrogen and oxygen atoms in total. The third-order valence-corrected chi connectivity index (χ3v) is 6.91. The van der Waals surface area contributed by atoms with E-state index < -0.39 is 0 Å². The molecule has 0 atom stereocenters. The normalized spacial score (nSPS) is 11.4. The van der Waals surface area contributed by atoms with Gasteiger partial charge >= 0.3 is 0 Å². The lowest BCUT2D eigenvalue weighted by atomic mass is 10.0. The maximum Gasteiger partial charge on any atom is 0.0836 e. The fourth-order valence-corrected chi connectivity index (χ4v) is 4.62. The van der Waals surface area contributed by atoms with E-state index in [2.05, 4.69) is 20.5 Å². The molecule has 0 amide bonds. The molecule has 0 unspecified atom stereocenters. The minimum atomic E-state index is 0.941. The van der Waals surface area contributed by atoms with Crippen LogP contribution >= 0.6 is 0 Å². The van der Waals surface area contributed by atoms with E-state index in [0.717, 1.165) is 13.0 Å². The van der Waals surface area contributed by atoms with E-state index in [4.69, 9.17) is 4.74 Å². The standard InChI is InChI=1S/C31H63O/c1-3-5-7-9-11-13-15-17-19-21-23-25-27-29-31-32-30-28-26-24-22-20-18-16-14-12-10-8-6-4-2/h31H,3-30H2,1-2H3. The van der Waals surface area contributed by atoms with Gasteiger partial charge in [0.25, 0.3) is 0 Å². The molecule has 0 saturated carbocycles. The zero-order valence-corrected chi connectivity index (χ0v) is 22.8. The van der Waals surface area contributed by atoms with Crippen LogP contribution in [0.2, 0.25) is 0 Å². The van der Waals surface area contributed by atoms with Crippen LogP contribution in [-0.4, -0.2) is 6.61 Å². The summed E-state index contributed by atoms with van der Waals surface area (Å²) in [6, 6.07) is 0. The lowest BCUT2D eigenvalue weighted by Gasteiger charge is -2.05. The minimum Gasteiger partial charge on any atom is -0.376 e. The van der Waals surface area contributed by atoms with E-state index in [0.29, 0.717) is 0 Å². The predicted octanol–water partition coefficient (Wildman–Crippen LogP) is 11.7. The summed E-state index contributed by atoms with van der Waals surface area (Å²) in [5.74, 6) is 0. The Labute approximate surface area is 205 Å². The van der Waals surface area contributed by atoms with Crippen LogP contribution < -0.4 is 0 Å². The van der Waals surface area contributed by atoms with Crippen molar-refractivity contribution in [3.05, 3.63) is 6.61 Å². The summed E-state index contributed by atoms with van der Waals surface area (Å²) in [6.45, 7) is 7.62. The summed E-state index contributed by atoms with van der Waals surface area (Å²) in [5.41, 5.74) is 0. The lowest BCUT2D eigenvalue weighted by Crippen LogP contribution is -1.92. The highest BCUT2D eigenvalue weighted by molar-refractivity contribution is 4.54. The van der Waals surface area contributed by atoms with Gasteiger partial charge in [-0.2, -0.15) is 0 Å². The molecule has 0 rings (SSSR count). The van der Waals surface area contributed by atoms with E-state index in [1.54, 1.807) is 0 Å². The zero-order valence-electron chi connectivity index (χ0n) is 22.8. The van der Waals surface area contributed by atoms with Crippen LogP contribution in [0.3, 0.4) is 0 Å². The molecule has 0 spiro atoms. The lowest BCUT2D eigenvalue weighted by molar-refractivity contribution is 0.183. The quantitative estimate of drug-likeness (QED) is 0.103. The first-order valence-corrected chi connectivity index (χ1v) is 15.3. The summed E-state index contributed by atoms with van der Waals surface area (Å²) >= 11 is 0. The highest BCUT2D eigenvalue weighted by atomic mass is 16.5. The molecule has 193 valence electrons. The first-order chi connectivity index (χ1) is 15.9. The fraction of sp³-hybridized carbons (Fsp3) is 0.968. The first kappa shape index (κ1) is 32.0. The van der Waals surface area contributed by atoms with Crippen molar-refractivity contribution in [1.29, 1.82) is 0 Å². The Morgan fingerprint density at radius 2 is 0.625 bits per heavy atom. The third kappa shape index (κ3) is 30.0. The fourth-order valence-electron chi connectivity index (χ4n) is 4.62. The van der Waals surface area contributed by atoms with Gasteiger partial charge in [-0.05, 0) is 12.8 Å². The summed E-state index contributed by atoms with van der Waals surface area (Å²) in [4.78, 5) is 0. The average molecular weight is 452 g/mol. The molecular weight excluding hydrogens is 388 g/mol. The maximum absolute atomic E-state index is 5.72. The molecule has 0 aliphatic heterocycles.